The van der Waals surface area contributed by atoms with Crippen molar-refractivity contribution in [1.82, 2.24) is 35.0 Å². The summed E-state index contributed by atoms with van der Waals surface area (Å²) in [7, 11) is 1.94. The number of urea groups is 1. The zero-order valence-corrected chi connectivity index (χ0v) is 24.6. The summed E-state index contributed by atoms with van der Waals surface area (Å²) in [5.41, 5.74) is 4.99. The van der Waals surface area contributed by atoms with Crippen molar-refractivity contribution in [3.63, 3.8) is 0 Å². The second-order valence-corrected chi connectivity index (χ2v) is 12.3. The highest BCUT2D eigenvalue weighted by Crippen LogP contribution is 2.45. The minimum Gasteiger partial charge on any atom is -0.347 e. The van der Waals surface area contributed by atoms with E-state index in [9.17, 15) is 9.59 Å². The molecule has 3 aromatic rings. The van der Waals surface area contributed by atoms with Crippen molar-refractivity contribution >= 4 is 23.5 Å². The van der Waals surface area contributed by atoms with Gasteiger partial charge in [-0.1, -0.05) is 23.7 Å². The summed E-state index contributed by atoms with van der Waals surface area (Å²) in [6.45, 7) is 10.2. The zero-order valence-electron chi connectivity index (χ0n) is 23.8. The third kappa shape index (κ3) is 5.86. The molecule has 0 bridgehead atoms. The van der Waals surface area contributed by atoms with E-state index < -0.39 is 0 Å². The fourth-order valence-corrected chi connectivity index (χ4v) is 6.18. The molecule has 3 unspecified atom stereocenters. The maximum atomic E-state index is 12.9. The van der Waals surface area contributed by atoms with Crippen LogP contribution >= 0.6 is 11.6 Å². The molecule has 0 saturated carbocycles. The van der Waals surface area contributed by atoms with Crippen molar-refractivity contribution in [2.45, 2.75) is 57.7 Å². The first-order valence-corrected chi connectivity index (χ1v) is 14.2. The van der Waals surface area contributed by atoms with Crippen LogP contribution in [-0.2, 0) is 18.3 Å². The number of halogens is 1. The zero-order chi connectivity index (χ0) is 28.6. The Morgan fingerprint density at radius 1 is 1.10 bits per heavy atom. The van der Waals surface area contributed by atoms with Gasteiger partial charge < -0.3 is 20.1 Å². The first kappa shape index (κ1) is 28.1. The number of aromatic nitrogens is 3. The van der Waals surface area contributed by atoms with Gasteiger partial charge in [0.15, 0.2) is 0 Å². The highest BCUT2D eigenvalue weighted by atomic mass is 35.5. The van der Waals surface area contributed by atoms with Gasteiger partial charge in [-0.15, -0.1) is 0 Å². The molecule has 1 saturated heterocycles. The predicted octanol–water partition coefficient (Wildman–Crippen LogP) is 4.20. The fourth-order valence-electron chi connectivity index (χ4n) is 6.00. The molecule has 5 rings (SSSR count). The summed E-state index contributed by atoms with van der Waals surface area (Å²) in [5.74, 6) is -0.202. The second-order valence-electron chi connectivity index (χ2n) is 11.8. The Labute approximate surface area is 240 Å². The smallest absolute Gasteiger partial charge is 0.317 e. The van der Waals surface area contributed by atoms with Gasteiger partial charge in [-0.25, -0.2) is 9.78 Å². The highest BCUT2D eigenvalue weighted by molar-refractivity contribution is 6.30. The number of carbonyl (C=O) groups excluding carboxylic acids is 2. The second kappa shape index (κ2) is 11.2. The van der Waals surface area contributed by atoms with E-state index in [-0.39, 0.29) is 35.5 Å². The Morgan fingerprint density at radius 3 is 2.50 bits per heavy atom. The monoisotopic (exact) mass is 563 g/mol. The van der Waals surface area contributed by atoms with Gasteiger partial charge in [-0.2, -0.15) is 0 Å². The van der Waals surface area contributed by atoms with Crippen LogP contribution in [0.2, 0.25) is 5.02 Å². The Balaban J connectivity index is 1.56. The summed E-state index contributed by atoms with van der Waals surface area (Å²) in [4.78, 5) is 38.9. The normalized spacial score (nSPS) is 20.2. The van der Waals surface area contributed by atoms with Crippen molar-refractivity contribution < 1.29 is 9.59 Å². The number of piperazine rings is 1. The number of carbonyl (C=O) groups is 2. The lowest BCUT2D eigenvalue weighted by Crippen LogP contribution is -2.55. The van der Waals surface area contributed by atoms with Crippen LogP contribution < -0.4 is 10.6 Å². The van der Waals surface area contributed by atoms with Crippen LogP contribution in [-0.4, -0.2) is 68.0 Å². The number of imidazole rings is 1. The number of nitrogens with one attached hydrogen (secondary N) is 2. The summed E-state index contributed by atoms with van der Waals surface area (Å²) in [6.07, 6.45) is 6.10. The molecule has 9 nitrogen and oxygen atoms in total. The van der Waals surface area contributed by atoms with Gasteiger partial charge in [0.2, 0.25) is 5.91 Å². The molecule has 1 aliphatic heterocycles. The third-order valence-corrected chi connectivity index (χ3v) is 7.99. The molecule has 1 aromatic carbocycles. The molecule has 1 fully saturated rings. The predicted molar refractivity (Wildman–Crippen MR) is 155 cm³/mol. The molecule has 3 atom stereocenters. The third-order valence-electron chi connectivity index (χ3n) is 7.75. The lowest BCUT2D eigenvalue weighted by molar-refractivity contribution is -0.119. The average Bonchev–Trinajstić information content (AvgIpc) is 3.26. The number of fused-ring (bicyclic) bond motifs is 2. The Hall–Kier alpha value is -3.43. The fraction of sp³-hybridized carbons (Fsp3) is 0.467. The van der Waals surface area contributed by atoms with Gasteiger partial charge in [0, 0.05) is 62.8 Å². The number of rotatable bonds is 4. The van der Waals surface area contributed by atoms with Crippen LogP contribution in [0.4, 0.5) is 4.79 Å². The summed E-state index contributed by atoms with van der Waals surface area (Å²) in [6, 6.07) is 9.73. The lowest BCUT2D eigenvalue weighted by atomic mass is 9.83. The van der Waals surface area contributed by atoms with E-state index >= 15 is 0 Å². The van der Waals surface area contributed by atoms with E-state index in [4.69, 9.17) is 16.6 Å². The Bertz CT molecular complexity index is 1390. The van der Waals surface area contributed by atoms with Crippen molar-refractivity contribution in [1.29, 1.82) is 0 Å². The van der Waals surface area contributed by atoms with Gasteiger partial charge in [0.25, 0.3) is 0 Å². The number of pyridine rings is 1. The molecule has 2 aliphatic rings. The van der Waals surface area contributed by atoms with E-state index in [2.05, 4.69) is 32.7 Å². The number of aryl methyl sites for hydroxylation is 1. The number of amides is 3. The lowest BCUT2D eigenvalue weighted by Gasteiger charge is -2.40. The van der Waals surface area contributed by atoms with Gasteiger partial charge in [-0.3, -0.25) is 14.7 Å². The van der Waals surface area contributed by atoms with Crippen LogP contribution in [0, 0.1) is 0 Å². The number of hydrogen-bond donors (Lipinski definition) is 2. The standard InChI is InChI=1S/C30H38ClN7O2/c1-19(39)34-27(25-17-32-18-36(25)5)24-15-20-7-6-10-33-26(20)28(22-9-8-21(31)16-23(22)24)37-11-13-38(14-12-37)29(40)35-30(2,3)4/h6-10,16-18,24,27-28H,11-15H2,1-5H3,(H,34,39)(H,35,40). The number of benzene rings is 1. The molecule has 1 aliphatic carbocycles. The minimum absolute atomic E-state index is 0.0342. The van der Waals surface area contributed by atoms with Crippen molar-refractivity contribution in [3.8, 4) is 0 Å². The Morgan fingerprint density at radius 2 is 1.85 bits per heavy atom. The Kier molecular flexibility index (Phi) is 7.88. The first-order valence-electron chi connectivity index (χ1n) is 13.8. The molecule has 212 valence electrons. The highest BCUT2D eigenvalue weighted by Gasteiger charge is 2.39. The summed E-state index contributed by atoms with van der Waals surface area (Å²) < 4.78 is 1.96. The molecule has 0 spiro atoms. The first-order chi connectivity index (χ1) is 19.0. The van der Waals surface area contributed by atoms with Crippen LogP contribution in [0.15, 0.2) is 49.1 Å². The van der Waals surface area contributed by atoms with Crippen LogP contribution in [0.3, 0.4) is 0 Å². The maximum Gasteiger partial charge on any atom is 0.317 e. The molecule has 2 aromatic heterocycles. The van der Waals surface area contributed by atoms with Crippen LogP contribution in [0.5, 0.6) is 0 Å². The molecule has 3 heterocycles. The SMILES string of the molecule is CC(=O)NC(c1cncn1C)C1Cc2cccnc2C(N2CCN(C(=O)NC(C)(C)C)CC2)c2ccc(Cl)cc21. The van der Waals surface area contributed by atoms with Gasteiger partial charge in [-0.05, 0) is 62.1 Å². The van der Waals surface area contributed by atoms with Crippen molar-refractivity contribution in [3.05, 3.63) is 82.2 Å². The summed E-state index contributed by atoms with van der Waals surface area (Å²) >= 11 is 6.63. The van der Waals surface area contributed by atoms with Crippen LogP contribution in [0.25, 0.3) is 0 Å². The van der Waals surface area contributed by atoms with Crippen molar-refractivity contribution in [2.75, 3.05) is 26.2 Å². The van der Waals surface area contributed by atoms with Gasteiger partial charge >= 0.3 is 6.03 Å². The molecule has 40 heavy (non-hydrogen) atoms. The van der Waals surface area contributed by atoms with E-state index in [1.807, 2.05) is 67.9 Å². The molecular weight excluding hydrogens is 526 g/mol. The largest absolute Gasteiger partial charge is 0.347 e. The molecule has 3 amide bonds. The quantitative estimate of drug-likeness (QED) is 0.496. The van der Waals surface area contributed by atoms with Gasteiger partial charge in [0.1, 0.15) is 0 Å². The van der Waals surface area contributed by atoms with E-state index in [0.717, 1.165) is 28.1 Å². The number of nitrogens with zero attached hydrogens (tertiary/aromatic N) is 5. The average molecular weight is 564 g/mol. The van der Waals surface area contributed by atoms with Crippen LogP contribution in [0.1, 0.15) is 73.8 Å². The molecule has 10 heteroatoms. The van der Waals surface area contributed by atoms with E-state index in [1.165, 1.54) is 0 Å². The summed E-state index contributed by atoms with van der Waals surface area (Å²) in [5, 5.41) is 6.95. The van der Waals surface area contributed by atoms with E-state index in [0.29, 0.717) is 37.6 Å². The van der Waals surface area contributed by atoms with Crippen molar-refractivity contribution in [2.24, 2.45) is 7.05 Å². The minimum atomic E-state index is -0.313. The van der Waals surface area contributed by atoms with Gasteiger partial charge in [0.05, 0.1) is 36.0 Å². The molecular formula is C30H38ClN7O2. The van der Waals surface area contributed by atoms with E-state index in [1.54, 1.807) is 13.3 Å². The maximum absolute atomic E-state index is 12.9. The molecule has 0 radical (unpaired) electrons. The number of hydrogen-bond acceptors (Lipinski definition) is 5. The molecule has 2 N–H and O–H groups in total. The topological polar surface area (TPSA) is 95.4 Å².